The van der Waals surface area contributed by atoms with Crippen LogP contribution < -0.4 is 10.6 Å². The van der Waals surface area contributed by atoms with Gasteiger partial charge in [-0.3, -0.25) is 24.6 Å². The molecule has 0 aliphatic carbocycles. The van der Waals surface area contributed by atoms with Crippen LogP contribution in [0, 0.1) is 13.8 Å². The van der Waals surface area contributed by atoms with Crippen LogP contribution in [0.1, 0.15) is 45.2 Å². The smallest absolute Gasteiger partial charge is 0.327 e. The Labute approximate surface area is 213 Å². The van der Waals surface area contributed by atoms with Crippen LogP contribution >= 0.6 is 0 Å². The van der Waals surface area contributed by atoms with Crippen molar-refractivity contribution in [2.75, 3.05) is 6.67 Å². The lowest BCUT2D eigenvalue weighted by Gasteiger charge is -2.33. The SMILES string of the molecule is CC(=O)N=C1NCN([C@H]2C[C@@](O)(C(=O)c3ccccc3C)[C@@H](C(O)C(=O)c3ccccc3C)O2)C(=O)N1. The fourth-order valence-electron chi connectivity index (χ4n) is 4.57. The highest BCUT2D eigenvalue weighted by Gasteiger charge is 2.59. The minimum atomic E-state index is -2.33. The average Bonchev–Trinajstić information content (AvgIpc) is 3.21. The molecule has 0 radical (unpaired) electrons. The summed E-state index contributed by atoms with van der Waals surface area (Å²) in [5.41, 5.74) is -0.720. The zero-order valence-corrected chi connectivity index (χ0v) is 20.6. The van der Waals surface area contributed by atoms with Crippen LogP contribution in [0.25, 0.3) is 0 Å². The molecule has 2 saturated heterocycles. The lowest BCUT2D eigenvalue weighted by Crippen LogP contribution is -2.61. The van der Waals surface area contributed by atoms with E-state index in [0.29, 0.717) is 11.1 Å². The number of urea groups is 1. The second-order valence-electron chi connectivity index (χ2n) is 9.12. The number of carbonyl (C=O) groups excluding carboxylic acids is 4. The van der Waals surface area contributed by atoms with Gasteiger partial charge in [0, 0.05) is 24.5 Å². The van der Waals surface area contributed by atoms with Crippen molar-refractivity contribution in [3.8, 4) is 0 Å². The number of ketones is 2. The first-order chi connectivity index (χ1) is 17.5. The standard InChI is InChI=1S/C26H28N4O7/c1-14-8-4-6-10-17(14)20(32)21(33)23-26(36,22(34)18-11-7-5-9-15(18)2)12-19(37-23)30-13-27-24(28-16(3)31)29-25(30)35/h4-11,19,21,23,33,36H,12-13H2,1-3H3,(H2,27,28,29,31,35)/t19-,21?,23-,26-/m1/s1. The molecule has 11 nitrogen and oxygen atoms in total. The minimum absolute atomic E-state index is 0.0516. The van der Waals surface area contributed by atoms with Crippen LogP contribution in [0.3, 0.4) is 0 Å². The number of ether oxygens (including phenoxy) is 1. The molecule has 2 aliphatic heterocycles. The Balaban J connectivity index is 1.68. The molecular formula is C26H28N4O7. The van der Waals surface area contributed by atoms with E-state index in [0.717, 1.165) is 4.90 Å². The van der Waals surface area contributed by atoms with Gasteiger partial charge >= 0.3 is 6.03 Å². The van der Waals surface area contributed by atoms with Gasteiger partial charge in [0.05, 0.1) is 6.67 Å². The number of aryl methyl sites for hydroxylation is 2. The van der Waals surface area contributed by atoms with Crippen LogP contribution in [-0.2, 0) is 9.53 Å². The number of hydrogen-bond donors (Lipinski definition) is 4. The molecule has 2 aromatic rings. The number of amides is 3. The van der Waals surface area contributed by atoms with Gasteiger partial charge in [0.2, 0.25) is 11.9 Å². The predicted octanol–water partition coefficient (Wildman–Crippen LogP) is 1.05. The summed E-state index contributed by atoms with van der Waals surface area (Å²) in [7, 11) is 0. The second kappa shape index (κ2) is 10.2. The number of carbonyl (C=O) groups is 4. The number of benzene rings is 2. The maximum absolute atomic E-state index is 13.7. The molecule has 2 heterocycles. The van der Waals surface area contributed by atoms with Crippen molar-refractivity contribution >= 4 is 29.5 Å². The van der Waals surface area contributed by atoms with Gasteiger partial charge in [-0.15, -0.1) is 0 Å². The fourth-order valence-corrected chi connectivity index (χ4v) is 4.57. The highest BCUT2D eigenvalue weighted by molar-refractivity contribution is 6.07. The van der Waals surface area contributed by atoms with E-state index in [-0.39, 0.29) is 23.8 Å². The molecule has 1 unspecified atom stereocenters. The van der Waals surface area contributed by atoms with E-state index in [2.05, 4.69) is 15.6 Å². The summed E-state index contributed by atoms with van der Waals surface area (Å²) in [4.78, 5) is 55.7. The Morgan fingerprint density at radius 1 is 1.08 bits per heavy atom. The molecule has 2 aromatic carbocycles. The molecule has 2 aliphatic rings. The summed E-state index contributed by atoms with van der Waals surface area (Å²) in [5, 5.41) is 28.1. The van der Waals surface area contributed by atoms with Gasteiger partial charge in [0.1, 0.15) is 18.4 Å². The lowest BCUT2D eigenvalue weighted by atomic mass is 9.81. The second-order valence-corrected chi connectivity index (χ2v) is 9.12. The molecule has 0 saturated carbocycles. The van der Waals surface area contributed by atoms with Crippen LogP contribution in [-0.4, -0.2) is 75.3 Å². The number of Topliss-reactive ketones (excluding diaryl/α,β-unsaturated/α-hetero) is 2. The van der Waals surface area contributed by atoms with Crippen LogP contribution in [0.15, 0.2) is 53.5 Å². The van der Waals surface area contributed by atoms with E-state index in [1.165, 1.54) is 19.1 Å². The number of guanidine groups is 1. The summed E-state index contributed by atoms with van der Waals surface area (Å²) >= 11 is 0. The van der Waals surface area contributed by atoms with Crippen molar-refractivity contribution in [3.63, 3.8) is 0 Å². The van der Waals surface area contributed by atoms with Gasteiger partial charge in [-0.25, -0.2) is 4.79 Å². The molecule has 2 fully saturated rings. The average molecular weight is 509 g/mol. The normalized spacial score (nSPS) is 25.4. The highest BCUT2D eigenvalue weighted by atomic mass is 16.6. The molecule has 3 amide bonds. The Bertz CT molecular complexity index is 1290. The number of rotatable bonds is 6. The molecule has 4 rings (SSSR count). The van der Waals surface area contributed by atoms with Crippen molar-refractivity contribution in [1.29, 1.82) is 0 Å². The number of aliphatic hydroxyl groups excluding tert-OH is 1. The van der Waals surface area contributed by atoms with Crippen molar-refractivity contribution in [2.45, 2.75) is 51.2 Å². The van der Waals surface area contributed by atoms with Gasteiger partial charge in [-0.1, -0.05) is 48.5 Å². The van der Waals surface area contributed by atoms with Crippen molar-refractivity contribution in [3.05, 3.63) is 70.8 Å². The summed E-state index contributed by atoms with van der Waals surface area (Å²) < 4.78 is 5.91. The number of aliphatic imine (C=N–C) groups is 1. The minimum Gasteiger partial charge on any atom is -0.382 e. The van der Waals surface area contributed by atoms with E-state index in [1.54, 1.807) is 50.2 Å². The van der Waals surface area contributed by atoms with Crippen LogP contribution in [0.5, 0.6) is 0 Å². The summed E-state index contributed by atoms with van der Waals surface area (Å²) in [6, 6.07) is 12.5. The van der Waals surface area contributed by atoms with Crippen molar-refractivity contribution < 1.29 is 34.1 Å². The summed E-state index contributed by atoms with van der Waals surface area (Å²) in [6.07, 6.45) is -5.16. The Morgan fingerprint density at radius 3 is 2.24 bits per heavy atom. The van der Waals surface area contributed by atoms with Crippen LogP contribution in [0.2, 0.25) is 0 Å². The number of nitrogens with zero attached hydrogens (tertiary/aromatic N) is 2. The van der Waals surface area contributed by atoms with Gasteiger partial charge < -0.3 is 20.3 Å². The Morgan fingerprint density at radius 2 is 1.68 bits per heavy atom. The number of nitrogens with one attached hydrogen (secondary N) is 2. The molecular weight excluding hydrogens is 480 g/mol. The van der Waals surface area contributed by atoms with Gasteiger partial charge in [0.15, 0.2) is 17.2 Å². The van der Waals surface area contributed by atoms with Crippen LogP contribution in [0.4, 0.5) is 4.79 Å². The molecule has 0 bridgehead atoms. The lowest BCUT2D eigenvalue weighted by molar-refractivity contribution is -0.115. The quantitative estimate of drug-likeness (QED) is 0.422. The van der Waals surface area contributed by atoms with E-state index in [9.17, 15) is 29.4 Å². The Kier molecular flexibility index (Phi) is 7.21. The topological polar surface area (TPSA) is 158 Å². The van der Waals surface area contributed by atoms with Crippen molar-refractivity contribution in [1.82, 2.24) is 15.5 Å². The number of hydrogen-bond acceptors (Lipinski definition) is 7. The third kappa shape index (κ3) is 5.01. The largest absolute Gasteiger partial charge is 0.382 e. The Hall–Kier alpha value is -3.93. The third-order valence-electron chi connectivity index (χ3n) is 6.53. The first kappa shape index (κ1) is 26.1. The van der Waals surface area contributed by atoms with E-state index in [4.69, 9.17) is 4.74 Å². The fraction of sp³-hybridized carbons (Fsp3) is 0.346. The molecule has 4 N–H and O–H groups in total. The highest BCUT2D eigenvalue weighted by Crippen LogP contribution is 2.38. The maximum Gasteiger partial charge on any atom is 0.327 e. The predicted molar refractivity (Wildman–Crippen MR) is 132 cm³/mol. The zero-order valence-electron chi connectivity index (χ0n) is 20.6. The summed E-state index contributed by atoms with van der Waals surface area (Å²) in [5.74, 6) is -2.04. The van der Waals surface area contributed by atoms with Gasteiger partial charge in [-0.2, -0.15) is 4.99 Å². The monoisotopic (exact) mass is 508 g/mol. The summed E-state index contributed by atoms with van der Waals surface area (Å²) in [6.45, 7) is 4.46. The zero-order chi connectivity index (χ0) is 26.9. The van der Waals surface area contributed by atoms with Gasteiger partial charge in [-0.05, 0) is 25.0 Å². The molecule has 37 heavy (non-hydrogen) atoms. The molecule has 11 heteroatoms. The molecule has 0 spiro atoms. The van der Waals surface area contributed by atoms with Gasteiger partial charge in [0.25, 0.3) is 0 Å². The first-order valence-electron chi connectivity index (χ1n) is 11.7. The van der Waals surface area contributed by atoms with E-state index >= 15 is 0 Å². The molecule has 194 valence electrons. The first-order valence-corrected chi connectivity index (χ1v) is 11.7. The van der Waals surface area contributed by atoms with E-state index in [1.807, 2.05) is 0 Å². The van der Waals surface area contributed by atoms with Crippen molar-refractivity contribution in [2.24, 2.45) is 4.99 Å². The third-order valence-corrected chi connectivity index (χ3v) is 6.53. The van der Waals surface area contributed by atoms with E-state index < -0.39 is 54.0 Å². The molecule has 0 aromatic heterocycles. The number of aliphatic hydroxyl groups is 2. The maximum atomic E-state index is 13.7. The molecule has 4 atom stereocenters.